The van der Waals surface area contributed by atoms with Crippen LogP contribution in [0.5, 0.6) is 0 Å². The Balaban J connectivity index is 1.41. The Morgan fingerprint density at radius 1 is 1.38 bits per heavy atom. The number of aliphatic carboxylic acids is 1. The number of oxime groups is 1. The predicted octanol–water partition coefficient (Wildman–Crippen LogP) is 2.40. The van der Waals surface area contributed by atoms with E-state index >= 15 is 0 Å². The molecule has 3 heterocycles. The highest BCUT2D eigenvalue weighted by Gasteiger charge is 2.58. The highest BCUT2D eigenvalue weighted by molar-refractivity contribution is 8.23. The number of aliphatic hydroxyl groups excluding tert-OH is 1. The summed E-state index contributed by atoms with van der Waals surface area (Å²) in [5, 5.41) is 24.0. The molecule has 3 aliphatic heterocycles. The lowest BCUT2D eigenvalue weighted by molar-refractivity contribution is -0.157. The molecule has 2 fully saturated rings. The van der Waals surface area contributed by atoms with Gasteiger partial charge >= 0.3 is 5.97 Å². The van der Waals surface area contributed by atoms with Gasteiger partial charge in [-0.1, -0.05) is 54.2 Å². The van der Waals surface area contributed by atoms with Gasteiger partial charge in [-0.05, 0) is 19.4 Å². The molecule has 0 aliphatic carbocycles. The molecule has 0 spiro atoms. The van der Waals surface area contributed by atoms with E-state index in [-0.39, 0.29) is 22.2 Å². The average Bonchev–Trinajstić information content (AvgIpc) is 3.36. The van der Waals surface area contributed by atoms with Gasteiger partial charge in [-0.15, -0.1) is 11.8 Å². The SMILES string of the molecule is CC[C@H](O)[C@@H]1C(=O)N2C(C(=O)O)=C(S[C@H]3CCN(C/C(=N/OC)c4ccccc4)C3)S[C@H]12. The van der Waals surface area contributed by atoms with Crippen LogP contribution in [0.15, 0.2) is 45.4 Å². The fourth-order valence-electron chi connectivity index (χ4n) is 4.31. The van der Waals surface area contributed by atoms with E-state index in [4.69, 9.17) is 4.84 Å². The lowest BCUT2D eigenvalue weighted by atomic mass is 9.90. The first kappa shape index (κ1) is 23.2. The van der Waals surface area contributed by atoms with Crippen molar-refractivity contribution in [3.8, 4) is 0 Å². The summed E-state index contributed by atoms with van der Waals surface area (Å²) in [6.45, 7) is 4.13. The Labute approximate surface area is 195 Å². The largest absolute Gasteiger partial charge is 0.477 e. The van der Waals surface area contributed by atoms with Gasteiger partial charge in [0.2, 0.25) is 5.91 Å². The molecule has 8 nitrogen and oxygen atoms in total. The Bertz CT molecular complexity index is 939. The van der Waals surface area contributed by atoms with Crippen molar-refractivity contribution in [3.05, 3.63) is 45.8 Å². The second-order valence-corrected chi connectivity index (χ2v) is 10.7. The number of amides is 1. The highest BCUT2D eigenvalue weighted by atomic mass is 32.2. The monoisotopic (exact) mass is 477 g/mol. The molecular formula is C22H27N3O5S2. The van der Waals surface area contributed by atoms with Gasteiger partial charge < -0.3 is 15.1 Å². The molecule has 0 radical (unpaired) electrons. The van der Waals surface area contributed by atoms with Crippen molar-refractivity contribution >= 4 is 41.1 Å². The highest BCUT2D eigenvalue weighted by Crippen LogP contribution is 2.55. The van der Waals surface area contributed by atoms with E-state index in [1.165, 1.54) is 35.5 Å². The van der Waals surface area contributed by atoms with E-state index in [1.807, 2.05) is 37.3 Å². The van der Waals surface area contributed by atoms with Crippen molar-refractivity contribution in [1.82, 2.24) is 9.80 Å². The third-order valence-corrected chi connectivity index (χ3v) is 8.82. The molecule has 1 aromatic rings. The van der Waals surface area contributed by atoms with Crippen LogP contribution in [0.25, 0.3) is 0 Å². The maximum absolute atomic E-state index is 12.5. The Hall–Kier alpha value is -2.01. The number of carbonyl (C=O) groups excluding carboxylic acids is 1. The van der Waals surface area contributed by atoms with Gasteiger partial charge in [0, 0.05) is 23.9 Å². The number of carboxylic acids is 1. The summed E-state index contributed by atoms with van der Waals surface area (Å²) in [7, 11) is 1.54. The molecule has 0 unspecified atom stereocenters. The number of carboxylic acid groups (broad SMARTS) is 1. The average molecular weight is 478 g/mol. The number of hydrogen-bond donors (Lipinski definition) is 2. The summed E-state index contributed by atoms with van der Waals surface area (Å²) in [6.07, 6.45) is 0.640. The van der Waals surface area contributed by atoms with Crippen LogP contribution in [0.4, 0.5) is 0 Å². The zero-order valence-electron chi connectivity index (χ0n) is 18.0. The van der Waals surface area contributed by atoms with Gasteiger partial charge in [-0.25, -0.2) is 4.79 Å². The quantitative estimate of drug-likeness (QED) is 0.318. The third kappa shape index (κ3) is 4.41. The van der Waals surface area contributed by atoms with Crippen molar-refractivity contribution in [2.45, 2.75) is 36.5 Å². The van der Waals surface area contributed by atoms with Crippen LogP contribution in [0.2, 0.25) is 0 Å². The molecule has 2 N–H and O–H groups in total. The number of likely N-dealkylation sites (tertiary alicyclic amines) is 1. The summed E-state index contributed by atoms with van der Waals surface area (Å²) >= 11 is 2.94. The van der Waals surface area contributed by atoms with Gasteiger partial charge in [-0.2, -0.15) is 0 Å². The van der Waals surface area contributed by atoms with Crippen LogP contribution in [0.3, 0.4) is 0 Å². The molecule has 1 amide bonds. The second kappa shape index (κ2) is 9.86. The van der Waals surface area contributed by atoms with Gasteiger partial charge in [0.1, 0.15) is 18.2 Å². The Morgan fingerprint density at radius 2 is 2.12 bits per heavy atom. The van der Waals surface area contributed by atoms with Crippen LogP contribution in [0.1, 0.15) is 25.3 Å². The minimum atomic E-state index is -1.09. The summed E-state index contributed by atoms with van der Waals surface area (Å²) in [5.74, 6) is -1.91. The van der Waals surface area contributed by atoms with E-state index in [0.29, 0.717) is 17.2 Å². The van der Waals surface area contributed by atoms with Gasteiger partial charge in [0.15, 0.2) is 5.70 Å². The van der Waals surface area contributed by atoms with E-state index < -0.39 is 18.0 Å². The summed E-state index contributed by atoms with van der Waals surface area (Å²) in [4.78, 5) is 33.1. The van der Waals surface area contributed by atoms with Gasteiger partial charge in [0.05, 0.1) is 16.3 Å². The minimum Gasteiger partial charge on any atom is -0.477 e. The van der Waals surface area contributed by atoms with Crippen LogP contribution >= 0.6 is 23.5 Å². The number of thioether (sulfide) groups is 2. The number of benzene rings is 1. The first-order chi connectivity index (χ1) is 15.4. The number of aliphatic hydroxyl groups is 1. The molecule has 2 saturated heterocycles. The van der Waals surface area contributed by atoms with E-state index in [1.54, 1.807) is 0 Å². The fourth-order valence-corrected chi connectivity index (χ4v) is 7.62. The number of rotatable bonds is 9. The lowest BCUT2D eigenvalue weighted by Gasteiger charge is -2.44. The zero-order valence-corrected chi connectivity index (χ0v) is 19.6. The number of carbonyl (C=O) groups is 2. The molecule has 0 bridgehead atoms. The first-order valence-corrected chi connectivity index (χ1v) is 12.4. The summed E-state index contributed by atoms with van der Waals surface area (Å²) in [6, 6.07) is 9.90. The van der Waals surface area contributed by atoms with Crippen molar-refractivity contribution in [3.63, 3.8) is 0 Å². The number of hydrogen-bond acceptors (Lipinski definition) is 8. The van der Waals surface area contributed by atoms with Crippen molar-refractivity contribution < 1.29 is 24.6 Å². The molecule has 1 aromatic carbocycles. The normalized spacial score (nSPS) is 26.8. The van der Waals surface area contributed by atoms with Crippen molar-refractivity contribution in [1.29, 1.82) is 0 Å². The summed E-state index contributed by atoms with van der Waals surface area (Å²) in [5.41, 5.74) is 1.93. The summed E-state index contributed by atoms with van der Waals surface area (Å²) < 4.78 is 0.669. The van der Waals surface area contributed by atoms with Crippen LogP contribution in [-0.2, 0) is 14.4 Å². The number of nitrogens with zero attached hydrogens (tertiary/aromatic N) is 3. The van der Waals surface area contributed by atoms with Crippen molar-refractivity contribution in [2.24, 2.45) is 11.1 Å². The predicted molar refractivity (Wildman–Crippen MR) is 125 cm³/mol. The number of fused-ring (bicyclic) bond motifs is 1. The van der Waals surface area contributed by atoms with Crippen LogP contribution in [-0.4, -0.2) is 81.1 Å². The Morgan fingerprint density at radius 3 is 2.78 bits per heavy atom. The van der Waals surface area contributed by atoms with Gasteiger partial charge in [0.25, 0.3) is 0 Å². The zero-order chi connectivity index (χ0) is 22.8. The topological polar surface area (TPSA) is 103 Å². The molecule has 3 aliphatic rings. The van der Waals surface area contributed by atoms with E-state index in [0.717, 1.165) is 30.8 Å². The smallest absolute Gasteiger partial charge is 0.354 e. The van der Waals surface area contributed by atoms with E-state index in [9.17, 15) is 19.8 Å². The molecule has 0 saturated carbocycles. The van der Waals surface area contributed by atoms with Crippen molar-refractivity contribution in [2.75, 3.05) is 26.7 Å². The van der Waals surface area contributed by atoms with Gasteiger partial charge in [-0.3, -0.25) is 14.6 Å². The Kier molecular flexibility index (Phi) is 7.14. The molecule has 10 heteroatoms. The second-order valence-electron chi connectivity index (χ2n) is 8.01. The molecule has 172 valence electrons. The fraction of sp³-hybridized carbons (Fsp3) is 0.500. The lowest BCUT2D eigenvalue weighted by Crippen LogP contribution is -2.61. The standard InChI is InChI=1S/C22H27N3O5S2/c1-3-16(26)17-19(27)25-18(21(28)29)22(32-20(17)25)31-14-9-10-24(11-14)12-15(23-30-2)13-7-5-4-6-8-13/h4-8,14,16-17,20,26H,3,9-12H2,1-2H3,(H,28,29)/b23-15-/t14-,16-,17+,20+/m0/s1. The third-order valence-electron chi connectivity index (χ3n) is 5.97. The first-order valence-electron chi connectivity index (χ1n) is 10.6. The molecule has 4 rings (SSSR count). The van der Waals surface area contributed by atoms with Crippen LogP contribution < -0.4 is 0 Å². The molecular weight excluding hydrogens is 450 g/mol. The minimum absolute atomic E-state index is 0.0684. The molecule has 4 atom stereocenters. The maximum atomic E-state index is 12.5. The number of β-lactam (4-membered cyclic amide) rings is 1. The van der Waals surface area contributed by atoms with E-state index in [2.05, 4.69) is 10.1 Å². The maximum Gasteiger partial charge on any atom is 0.354 e. The van der Waals surface area contributed by atoms with Crippen LogP contribution in [0, 0.1) is 5.92 Å². The molecule has 32 heavy (non-hydrogen) atoms. The molecule has 0 aromatic heterocycles.